The van der Waals surface area contributed by atoms with Gasteiger partial charge in [0.2, 0.25) is 0 Å². The second-order valence-electron chi connectivity index (χ2n) is 3.72. The Bertz CT molecular complexity index is 486. The molecule has 2 N–H and O–H groups in total. The van der Waals surface area contributed by atoms with Crippen molar-refractivity contribution in [1.82, 2.24) is 20.5 Å². The summed E-state index contributed by atoms with van der Waals surface area (Å²) >= 11 is 3.16. The molecular formula is C11H12BrFN4. The lowest BCUT2D eigenvalue weighted by Crippen LogP contribution is -2.19. The van der Waals surface area contributed by atoms with Gasteiger partial charge in [0, 0.05) is 6.54 Å². The van der Waals surface area contributed by atoms with Gasteiger partial charge in [-0.3, -0.25) is 5.10 Å². The summed E-state index contributed by atoms with van der Waals surface area (Å²) in [4.78, 5) is 4.06. The zero-order valence-electron chi connectivity index (χ0n) is 9.24. The summed E-state index contributed by atoms with van der Waals surface area (Å²) < 4.78 is 13.5. The summed E-state index contributed by atoms with van der Waals surface area (Å²) in [7, 11) is 0. The highest BCUT2D eigenvalue weighted by atomic mass is 79.9. The van der Waals surface area contributed by atoms with E-state index in [-0.39, 0.29) is 11.9 Å². The van der Waals surface area contributed by atoms with E-state index in [0.717, 1.165) is 11.4 Å². The lowest BCUT2D eigenvalue weighted by atomic mass is 10.2. The first-order valence-corrected chi connectivity index (χ1v) is 5.98. The van der Waals surface area contributed by atoms with Crippen LogP contribution in [0.1, 0.15) is 24.4 Å². The Labute approximate surface area is 107 Å². The van der Waals surface area contributed by atoms with Gasteiger partial charge in [0.15, 0.2) is 0 Å². The number of H-pyrrole nitrogens is 1. The summed E-state index contributed by atoms with van der Waals surface area (Å²) in [6.07, 6.45) is 1.47. The molecule has 1 aromatic carbocycles. The fraction of sp³-hybridized carbons (Fsp3) is 0.273. The average Bonchev–Trinajstić information content (AvgIpc) is 2.84. The molecule has 0 radical (unpaired) electrons. The quantitative estimate of drug-likeness (QED) is 0.912. The number of aromatic amines is 1. The Kier molecular flexibility index (Phi) is 3.86. The van der Waals surface area contributed by atoms with E-state index in [2.05, 4.69) is 36.4 Å². The Balaban J connectivity index is 1.96. The third kappa shape index (κ3) is 3.10. The van der Waals surface area contributed by atoms with E-state index in [1.807, 2.05) is 6.92 Å². The second kappa shape index (κ2) is 5.37. The number of rotatable bonds is 4. The molecule has 90 valence electrons. The van der Waals surface area contributed by atoms with Crippen LogP contribution in [0.4, 0.5) is 4.39 Å². The number of aromatic nitrogens is 3. The van der Waals surface area contributed by atoms with Crippen molar-refractivity contribution in [2.45, 2.75) is 19.5 Å². The van der Waals surface area contributed by atoms with Crippen molar-refractivity contribution < 1.29 is 4.39 Å². The normalized spacial score (nSPS) is 12.6. The van der Waals surface area contributed by atoms with Crippen LogP contribution in [0.5, 0.6) is 0 Å². The SMILES string of the molecule is CC(NCc1ccc(F)c(Br)c1)c1ncn[nH]1. The molecule has 0 saturated carbocycles. The minimum atomic E-state index is -0.253. The van der Waals surface area contributed by atoms with Crippen LogP contribution in [-0.2, 0) is 6.54 Å². The zero-order chi connectivity index (χ0) is 12.3. The van der Waals surface area contributed by atoms with E-state index in [9.17, 15) is 4.39 Å². The topological polar surface area (TPSA) is 53.6 Å². The highest BCUT2D eigenvalue weighted by Gasteiger charge is 2.07. The molecule has 1 heterocycles. The number of hydrogen-bond donors (Lipinski definition) is 2. The molecule has 1 aromatic heterocycles. The van der Waals surface area contributed by atoms with Crippen LogP contribution in [0.15, 0.2) is 29.0 Å². The molecule has 0 saturated heterocycles. The molecule has 6 heteroatoms. The first-order chi connectivity index (χ1) is 8.16. The van der Waals surface area contributed by atoms with Crippen LogP contribution in [0.25, 0.3) is 0 Å². The number of hydrogen-bond acceptors (Lipinski definition) is 3. The van der Waals surface area contributed by atoms with Crippen LogP contribution in [0.3, 0.4) is 0 Å². The van der Waals surface area contributed by atoms with Gasteiger partial charge in [0.25, 0.3) is 0 Å². The predicted octanol–water partition coefficient (Wildman–Crippen LogP) is 2.56. The van der Waals surface area contributed by atoms with E-state index < -0.39 is 0 Å². The van der Waals surface area contributed by atoms with Crippen molar-refractivity contribution in [2.75, 3.05) is 0 Å². The maximum atomic E-state index is 13.0. The molecule has 2 aromatic rings. The maximum Gasteiger partial charge on any atom is 0.141 e. The van der Waals surface area contributed by atoms with Crippen LogP contribution in [-0.4, -0.2) is 15.2 Å². The minimum absolute atomic E-state index is 0.0707. The first-order valence-electron chi connectivity index (χ1n) is 5.19. The van der Waals surface area contributed by atoms with Gasteiger partial charge in [-0.25, -0.2) is 9.37 Å². The van der Waals surface area contributed by atoms with E-state index in [4.69, 9.17) is 0 Å². The molecule has 0 bridgehead atoms. The molecule has 0 aliphatic carbocycles. The van der Waals surface area contributed by atoms with Gasteiger partial charge in [-0.05, 0) is 40.5 Å². The maximum absolute atomic E-state index is 13.0. The van der Waals surface area contributed by atoms with Crippen molar-refractivity contribution in [3.8, 4) is 0 Å². The molecule has 2 rings (SSSR count). The standard InChI is InChI=1S/C11H12BrFN4/c1-7(11-15-6-16-17-11)14-5-8-2-3-10(13)9(12)4-8/h2-4,6-7,14H,5H2,1H3,(H,15,16,17). The Morgan fingerprint density at radius 3 is 3.00 bits per heavy atom. The van der Waals surface area contributed by atoms with Crippen molar-refractivity contribution in [2.24, 2.45) is 0 Å². The van der Waals surface area contributed by atoms with Crippen molar-refractivity contribution >= 4 is 15.9 Å². The van der Waals surface area contributed by atoms with Crippen LogP contribution in [0.2, 0.25) is 0 Å². The van der Waals surface area contributed by atoms with Gasteiger partial charge in [-0.1, -0.05) is 6.07 Å². The molecule has 0 fully saturated rings. The van der Waals surface area contributed by atoms with Gasteiger partial charge >= 0.3 is 0 Å². The highest BCUT2D eigenvalue weighted by Crippen LogP contribution is 2.17. The monoisotopic (exact) mass is 298 g/mol. The number of halogens is 2. The highest BCUT2D eigenvalue weighted by molar-refractivity contribution is 9.10. The van der Waals surface area contributed by atoms with E-state index in [1.54, 1.807) is 12.1 Å². The molecular weight excluding hydrogens is 287 g/mol. The van der Waals surface area contributed by atoms with Gasteiger partial charge in [-0.2, -0.15) is 5.10 Å². The van der Waals surface area contributed by atoms with Crippen LogP contribution < -0.4 is 5.32 Å². The molecule has 0 aliphatic rings. The fourth-order valence-corrected chi connectivity index (χ4v) is 1.87. The zero-order valence-corrected chi connectivity index (χ0v) is 10.8. The van der Waals surface area contributed by atoms with Crippen molar-refractivity contribution in [3.63, 3.8) is 0 Å². The summed E-state index contributed by atoms with van der Waals surface area (Å²) in [5.41, 5.74) is 1.00. The van der Waals surface area contributed by atoms with Crippen LogP contribution in [0, 0.1) is 5.82 Å². The lowest BCUT2D eigenvalue weighted by molar-refractivity contribution is 0.546. The third-order valence-corrected chi connectivity index (χ3v) is 3.05. The second-order valence-corrected chi connectivity index (χ2v) is 4.58. The summed E-state index contributed by atoms with van der Waals surface area (Å²) in [6.45, 7) is 2.62. The Morgan fingerprint density at radius 1 is 1.53 bits per heavy atom. The van der Waals surface area contributed by atoms with Crippen molar-refractivity contribution in [1.29, 1.82) is 0 Å². The number of nitrogens with zero attached hydrogens (tertiary/aromatic N) is 2. The van der Waals surface area contributed by atoms with E-state index in [0.29, 0.717) is 11.0 Å². The third-order valence-electron chi connectivity index (χ3n) is 2.44. The minimum Gasteiger partial charge on any atom is -0.303 e. The fourth-order valence-electron chi connectivity index (χ4n) is 1.44. The molecule has 1 atom stereocenters. The average molecular weight is 299 g/mol. The number of benzene rings is 1. The predicted molar refractivity (Wildman–Crippen MR) is 65.7 cm³/mol. The van der Waals surface area contributed by atoms with Gasteiger partial charge in [-0.15, -0.1) is 0 Å². The Morgan fingerprint density at radius 2 is 2.35 bits per heavy atom. The van der Waals surface area contributed by atoms with Gasteiger partial charge in [0.1, 0.15) is 18.0 Å². The molecule has 1 unspecified atom stereocenters. The molecule has 17 heavy (non-hydrogen) atoms. The molecule has 0 amide bonds. The van der Waals surface area contributed by atoms with Crippen molar-refractivity contribution in [3.05, 3.63) is 46.2 Å². The van der Waals surface area contributed by atoms with Crippen LogP contribution >= 0.6 is 15.9 Å². The van der Waals surface area contributed by atoms with Gasteiger partial charge < -0.3 is 5.32 Å². The molecule has 0 aliphatic heterocycles. The number of nitrogens with one attached hydrogen (secondary N) is 2. The summed E-state index contributed by atoms with van der Waals surface area (Å²) in [5, 5.41) is 9.86. The summed E-state index contributed by atoms with van der Waals surface area (Å²) in [6, 6.07) is 5.02. The largest absolute Gasteiger partial charge is 0.303 e. The smallest absolute Gasteiger partial charge is 0.141 e. The lowest BCUT2D eigenvalue weighted by Gasteiger charge is -2.11. The molecule has 0 spiro atoms. The van der Waals surface area contributed by atoms with E-state index >= 15 is 0 Å². The summed E-state index contributed by atoms with van der Waals surface area (Å²) in [5.74, 6) is 0.531. The Hall–Kier alpha value is -1.27. The van der Waals surface area contributed by atoms with E-state index in [1.165, 1.54) is 12.4 Å². The first kappa shape index (κ1) is 12.2. The van der Waals surface area contributed by atoms with Gasteiger partial charge in [0.05, 0.1) is 10.5 Å². The molecule has 4 nitrogen and oxygen atoms in total.